The molecule has 2 atom stereocenters. The molecule has 0 spiro atoms. The van der Waals surface area contributed by atoms with E-state index in [1.165, 1.54) is 0 Å². The van der Waals surface area contributed by atoms with Crippen LogP contribution in [0.4, 0.5) is 5.69 Å². The van der Waals surface area contributed by atoms with Gasteiger partial charge >= 0.3 is 0 Å². The highest BCUT2D eigenvalue weighted by atomic mass is 35.5. The molecule has 1 amide bonds. The second-order valence-electron chi connectivity index (χ2n) is 11.6. The topological polar surface area (TPSA) is 77.2 Å². The number of pyridine rings is 1. The first-order chi connectivity index (χ1) is 20.0. The van der Waals surface area contributed by atoms with E-state index in [9.17, 15) is 4.79 Å². The van der Waals surface area contributed by atoms with Gasteiger partial charge in [0.05, 0.1) is 22.8 Å². The van der Waals surface area contributed by atoms with E-state index in [-0.39, 0.29) is 17.9 Å². The summed E-state index contributed by atoms with van der Waals surface area (Å²) in [6.07, 6.45) is 9.71. The Morgan fingerprint density at radius 3 is 2.39 bits per heavy atom. The molecule has 0 aliphatic heterocycles. The maximum Gasteiger partial charge on any atom is 0.228 e. The normalized spacial score (nSPS) is 23.5. The average Bonchev–Trinajstić information content (AvgIpc) is 3.68. The summed E-state index contributed by atoms with van der Waals surface area (Å²) in [5.41, 5.74) is 5.19. The van der Waals surface area contributed by atoms with Crippen LogP contribution in [0.2, 0.25) is 10.0 Å². The van der Waals surface area contributed by atoms with Gasteiger partial charge in [-0.1, -0.05) is 52.6 Å². The minimum Gasteiger partial charge on any atom is -0.373 e. The summed E-state index contributed by atoms with van der Waals surface area (Å²) in [5.74, 6) is 2.01. The number of carbonyl (C=O) groups excluding carboxylic acids is 1. The molecule has 3 fully saturated rings. The fourth-order valence-electron chi connectivity index (χ4n) is 6.82. The van der Waals surface area contributed by atoms with Gasteiger partial charge in [-0.25, -0.2) is 0 Å². The van der Waals surface area contributed by atoms with Gasteiger partial charge in [0.25, 0.3) is 0 Å². The number of halogens is 2. The lowest BCUT2D eigenvalue weighted by Crippen LogP contribution is -2.38. The lowest BCUT2D eigenvalue weighted by Gasteiger charge is -2.34. The maximum absolute atomic E-state index is 13.5. The Kier molecular flexibility index (Phi) is 7.32. The number of hydrogen-bond donors (Lipinski definition) is 1. The van der Waals surface area contributed by atoms with Crippen molar-refractivity contribution < 1.29 is 14.1 Å². The van der Waals surface area contributed by atoms with Crippen LogP contribution >= 0.6 is 23.2 Å². The number of nitrogens with zero attached hydrogens (tertiary/aromatic N) is 2. The zero-order valence-corrected chi connectivity index (χ0v) is 24.1. The van der Waals surface area contributed by atoms with Gasteiger partial charge in [0.15, 0.2) is 0 Å². The molecule has 3 aliphatic carbocycles. The van der Waals surface area contributed by atoms with Gasteiger partial charge in [-0.2, -0.15) is 0 Å². The van der Waals surface area contributed by atoms with Crippen molar-refractivity contribution in [3.8, 4) is 22.4 Å². The molecule has 210 valence electrons. The standard InChI is InChI=1S/C33H31Cl2N3O3/c34-27-7-2-8-28(35)30(27)31-26(32(41-38-31)19-9-10-19)18-40-25-15-21-11-12-22(16-25)29(21)33(39)37-24-6-1-4-20(14-24)23-5-3-13-36-17-23/h1-8,13-14,17,19,21-22,25,29H,9-12,15-16,18H2,(H,37,39). The number of fused-ring (bicyclic) bond motifs is 2. The van der Waals surface area contributed by atoms with Crippen molar-refractivity contribution in [1.29, 1.82) is 0 Å². The minimum atomic E-state index is 0.00649. The van der Waals surface area contributed by atoms with Crippen molar-refractivity contribution in [1.82, 2.24) is 10.1 Å². The van der Waals surface area contributed by atoms with Gasteiger partial charge in [0.2, 0.25) is 5.91 Å². The number of hydrogen-bond acceptors (Lipinski definition) is 5. The number of carbonyl (C=O) groups is 1. The van der Waals surface area contributed by atoms with E-state index >= 15 is 0 Å². The maximum atomic E-state index is 13.5. The van der Waals surface area contributed by atoms with Crippen LogP contribution in [0.1, 0.15) is 55.8 Å². The zero-order valence-electron chi connectivity index (χ0n) is 22.6. The van der Waals surface area contributed by atoms with Crippen LogP contribution in [-0.4, -0.2) is 22.2 Å². The number of amides is 1. The minimum absolute atomic E-state index is 0.00649. The van der Waals surface area contributed by atoms with Crippen LogP contribution in [0.25, 0.3) is 22.4 Å². The van der Waals surface area contributed by atoms with Crippen molar-refractivity contribution in [3.63, 3.8) is 0 Å². The number of anilines is 1. The molecule has 41 heavy (non-hydrogen) atoms. The monoisotopic (exact) mass is 587 g/mol. The molecule has 2 aromatic heterocycles. The Labute approximate surface area is 249 Å². The second kappa shape index (κ2) is 11.2. The first-order valence-corrected chi connectivity index (χ1v) is 15.2. The largest absolute Gasteiger partial charge is 0.373 e. The van der Waals surface area contributed by atoms with Crippen molar-refractivity contribution in [2.45, 2.75) is 57.2 Å². The summed E-state index contributed by atoms with van der Waals surface area (Å²) >= 11 is 13.1. The summed E-state index contributed by atoms with van der Waals surface area (Å²) < 4.78 is 12.4. The van der Waals surface area contributed by atoms with Gasteiger partial charge in [-0.3, -0.25) is 9.78 Å². The highest BCUT2D eigenvalue weighted by Gasteiger charge is 2.47. The molecule has 7 rings (SSSR count). The molecule has 3 saturated carbocycles. The van der Waals surface area contributed by atoms with Crippen molar-refractivity contribution in [3.05, 3.63) is 88.4 Å². The Balaban J connectivity index is 1.03. The van der Waals surface area contributed by atoms with E-state index in [2.05, 4.69) is 15.5 Å². The van der Waals surface area contributed by atoms with Gasteiger partial charge in [-0.15, -0.1) is 0 Å². The number of aromatic nitrogens is 2. The summed E-state index contributed by atoms with van der Waals surface area (Å²) in [5, 5.41) is 8.70. The molecule has 1 N–H and O–H groups in total. The summed E-state index contributed by atoms with van der Waals surface area (Å²) in [6.45, 7) is 0.397. The van der Waals surface area contributed by atoms with Crippen LogP contribution in [0.5, 0.6) is 0 Å². The molecule has 3 aliphatic rings. The van der Waals surface area contributed by atoms with E-state index in [4.69, 9.17) is 32.5 Å². The van der Waals surface area contributed by atoms with Crippen molar-refractivity contribution >= 4 is 34.8 Å². The molecule has 0 radical (unpaired) electrons. The molecule has 2 heterocycles. The summed E-state index contributed by atoms with van der Waals surface area (Å²) in [7, 11) is 0. The Morgan fingerprint density at radius 1 is 0.951 bits per heavy atom. The number of rotatable bonds is 8. The summed E-state index contributed by atoms with van der Waals surface area (Å²) in [6, 6.07) is 17.4. The molecule has 2 aromatic carbocycles. The Morgan fingerprint density at radius 2 is 1.68 bits per heavy atom. The van der Waals surface area contributed by atoms with Crippen LogP contribution in [0, 0.1) is 17.8 Å². The third-order valence-corrected chi connectivity index (χ3v) is 9.54. The number of benzene rings is 2. The lowest BCUT2D eigenvalue weighted by molar-refractivity contribution is -0.125. The highest BCUT2D eigenvalue weighted by molar-refractivity contribution is 6.39. The fourth-order valence-corrected chi connectivity index (χ4v) is 7.40. The van der Waals surface area contributed by atoms with Gasteiger partial charge < -0.3 is 14.6 Å². The van der Waals surface area contributed by atoms with Crippen molar-refractivity contribution in [2.24, 2.45) is 17.8 Å². The van der Waals surface area contributed by atoms with Crippen LogP contribution < -0.4 is 5.32 Å². The van der Waals surface area contributed by atoms with E-state index in [1.807, 2.05) is 60.8 Å². The predicted molar refractivity (Wildman–Crippen MR) is 160 cm³/mol. The smallest absolute Gasteiger partial charge is 0.228 e. The quantitative estimate of drug-likeness (QED) is 0.223. The Bertz CT molecular complexity index is 1530. The first kappa shape index (κ1) is 26.7. The van der Waals surface area contributed by atoms with E-state index in [0.717, 1.165) is 66.7 Å². The third-order valence-electron chi connectivity index (χ3n) is 8.91. The van der Waals surface area contributed by atoms with Crippen LogP contribution in [-0.2, 0) is 16.1 Å². The first-order valence-electron chi connectivity index (χ1n) is 14.4. The Hall–Kier alpha value is -3.19. The number of ether oxygens (including phenoxy) is 1. The van der Waals surface area contributed by atoms with E-state index in [0.29, 0.717) is 45.7 Å². The fraction of sp³-hybridized carbons (Fsp3) is 0.364. The molecule has 8 heteroatoms. The molecule has 4 aromatic rings. The molecule has 0 saturated heterocycles. The van der Waals surface area contributed by atoms with Crippen molar-refractivity contribution in [2.75, 3.05) is 5.32 Å². The lowest BCUT2D eigenvalue weighted by atomic mass is 9.76. The van der Waals surface area contributed by atoms with E-state index in [1.54, 1.807) is 6.20 Å². The second-order valence-corrected chi connectivity index (χ2v) is 12.4. The van der Waals surface area contributed by atoms with Crippen LogP contribution in [0.3, 0.4) is 0 Å². The molecular formula is C33H31Cl2N3O3. The molecule has 2 bridgehead atoms. The molecule has 6 nitrogen and oxygen atoms in total. The third kappa shape index (κ3) is 5.41. The molecule has 2 unspecified atom stereocenters. The van der Waals surface area contributed by atoms with Gasteiger partial charge in [0.1, 0.15) is 11.5 Å². The summed E-state index contributed by atoms with van der Waals surface area (Å²) in [4.78, 5) is 17.7. The zero-order chi connectivity index (χ0) is 27.9. The molecular weight excluding hydrogens is 557 g/mol. The van der Waals surface area contributed by atoms with Gasteiger partial charge in [0, 0.05) is 46.6 Å². The average molecular weight is 589 g/mol. The van der Waals surface area contributed by atoms with Gasteiger partial charge in [-0.05, 0) is 86.3 Å². The SMILES string of the molecule is O=C(Nc1cccc(-c2cccnc2)c1)C1C2CCC1CC(OCc1c(-c3c(Cl)cccc3Cl)noc1C1CC1)C2. The predicted octanol–water partition coefficient (Wildman–Crippen LogP) is 8.55. The number of nitrogens with one attached hydrogen (secondary N) is 1. The highest BCUT2D eigenvalue weighted by Crippen LogP contribution is 2.49. The van der Waals surface area contributed by atoms with Crippen LogP contribution in [0.15, 0.2) is 71.5 Å². The van der Waals surface area contributed by atoms with E-state index < -0.39 is 0 Å².